The van der Waals surface area contributed by atoms with Gasteiger partial charge in [-0.25, -0.2) is 0 Å². The number of halogens is 1. The molecule has 1 amide bonds. The molecule has 1 atom stereocenters. The summed E-state index contributed by atoms with van der Waals surface area (Å²) in [5, 5.41) is 5.80. The van der Waals surface area contributed by atoms with Crippen molar-refractivity contribution in [2.24, 2.45) is 0 Å². The Labute approximate surface area is 133 Å². The summed E-state index contributed by atoms with van der Waals surface area (Å²) in [5.74, 6) is -0.416. The molecule has 0 saturated carbocycles. The van der Waals surface area contributed by atoms with E-state index < -0.39 is 0 Å². The third-order valence-electron chi connectivity index (χ3n) is 2.89. The molecule has 2 N–H and O–H groups in total. The molecule has 6 heteroatoms. The third-order valence-corrected chi connectivity index (χ3v) is 3.41. The lowest BCUT2D eigenvalue weighted by atomic mass is 10.0. The van der Waals surface area contributed by atoms with Crippen LogP contribution in [0.1, 0.15) is 31.4 Å². The first-order valence-corrected chi connectivity index (χ1v) is 7.71. The molecule has 1 rings (SSSR count). The molecule has 0 saturated heterocycles. The average molecular weight is 357 g/mol. The topological polar surface area (TPSA) is 67.4 Å². The molecule has 0 fully saturated rings. The first-order chi connectivity index (χ1) is 10.1. The molecule has 0 heterocycles. The Hall–Kier alpha value is -1.40. The highest BCUT2D eigenvalue weighted by molar-refractivity contribution is 9.10. The highest BCUT2D eigenvalue weighted by Gasteiger charge is 2.19. The van der Waals surface area contributed by atoms with Gasteiger partial charge in [-0.3, -0.25) is 9.59 Å². The molecule has 0 aromatic heterocycles. The van der Waals surface area contributed by atoms with Gasteiger partial charge in [-0.2, -0.15) is 0 Å². The average Bonchev–Trinajstić information content (AvgIpc) is 2.45. The predicted molar refractivity (Wildman–Crippen MR) is 84.8 cm³/mol. The van der Waals surface area contributed by atoms with Gasteiger partial charge in [0, 0.05) is 17.4 Å². The fourth-order valence-corrected chi connectivity index (χ4v) is 2.10. The number of benzene rings is 1. The molecule has 0 aliphatic rings. The summed E-state index contributed by atoms with van der Waals surface area (Å²) in [4.78, 5) is 23.6. The van der Waals surface area contributed by atoms with Crippen LogP contribution >= 0.6 is 15.9 Å². The number of carbonyl (C=O) groups excluding carboxylic acids is 2. The van der Waals surface area contributed by atoms with Crippen LogP contribution in [0.15, 0.2) is 28.7 Å². The van der Waals surface area contributed by atoms with E-state index in [1.807, 2.05) is 24.3 Å². The van der Waals surface area contributed by atoms with Gasteiger partial charge in [0.05, 0.1) is 19.1 Å². The van der Waals surface area contributed by atoms with Gasteiger partial charge in [0.1, 0.15) is 0 Å². The van der Waals surface area contributed by atoms with Gasteiger partial charge in [0.15, 0.2) is 0 Å². The van der Waals surface area contributed by atoms with Crippen molar-refractivity contribution in [3.63, 3.8) is 0 Å². The molecule has 116 valence electrons. The van der Waals surface area contributed by atoms with E-state index in [0.717, 1.165) is 10.0 Å². The van der Waals surface area contributed by atoms with Crippen LogP contribution in [-0.4, -0.2) is 32.1 Å². The zero-order chi connectivity index (χ0) is 15.7. The molecule has 5 nitrogen and oxygen atoms in total. The maximum absolute atomic E-state index is 11.9. The largest absolute Gasteiger partial charge is 0.466 e. The Morgan fingerprint density at radius 3 is 2.52 bits per heavy atom. The Morgan fingerprint density at radius 1 is 1.29 bits per heavy atom. The molecule has 0 aliphatic heterocycles. The first kappa shape index (κ1) is 17.7. The van der Waals surface area contributed by atoms with Crippen LogP contribution in [0, 0.1) is 0 Å². The molecule has 0 radical (unpaired) electrons. The summed E-state index contributed by atoms with van der Waals surface area (Å²) >= 11 is 3.37. The van der Waals surface area contributed by atoms with Crippen molar-refractivity contribution in [1.82, 2.24) is 10.6 Å². The van der Waals surface area contributed by atoms with Gasteiger partial charge < -0.3 is 15.4 Å². The summed E-state index contributed by atoms with van der Waals surface area (Å²) < 4.78 is 5.92. The Kier molecular flexibility index (Phi) is 8.00. The van der Waals surface area contributed by atoms with E-state index in [1.165, 1.54) is 0 Å². The summed E-state index contributed by atoms with van der Waals surface area (Å²) in [5.41, 5.74) is 0.879. The Bertz CT molecular complexity index is 462. The van der Waals surface area contributed by atoms with Gasteiger partial charge >= 0.3 is 5.97 Å². The SMILES string of the molecule is CCOC(=O)CC(NC(=O)CCNC)c1ccc(Br)cc1. The van der Waals surface area contributed by atoms with Gasteiger partial charge in [0.25, 0.3) is 0 Å². The van der Waals surface area contributed by atoms with Gasteiger partial charge in [-0.05, 0) is 31.7 Å². The van der Waals surface area contributed by atoms with E-state index in [0.29, 0.717) is 19.6 Å². The standard InChI is InChI=1S/C15H21BrN2O3/c1-3-21-15(20)10-13(18-14(19)8-9-17-2)11-4-6-12(16)7-5-11/h4-7,13,17H,3,8-10H2,1-2H3,(H,18,19). The normalized spacial score (nSPS) is 11.8. The Balaban J connectivity index is 2.76. The summed E-state index contributed by atoms with van der Waals surface area (Å²) in [6, 6.07) is 7.15. The lowest BCUT2D eigenvalue weighted by molar-refractivity contribution is -0.143. The second-order valence-electron chi connectivity index (χ2n) is 4.53. The summed E-state index contributed by atoms with van der Waals surface area (Å²) in [6.07, 6.45) is 0.493. The van der Waals surface area contributed by atoms with Crippen LogP contribution in [0.25, 0.3) is 0 Å². The number of nitrogens with one attached hydrogen (secondary N) is 2. The van der Waals surface area contributed by atoms with E-state index in [2.05, 4.69) is 26.6 Å². The quantitative estimate of drug-likeness (QED) is 0.700. The minimum atomic E-state index is -0.374. The lowest BCUT2D eigenvalue weighted by Crippen LogP contribution is -2.32. The zero-order valence-electron chi connectivity index (χ0n) is 12.3. The highest BCUT2D eigenvalue weighted by Crippen LogP contribution is 2.20. The maximum atomic E-state index is 11.9. The monoisotopic (exact) mass is 356 g/mol. The highest BCUT2D eigenvalue weighted by atomic mass is 79.9. The van der Waals surface area contributed by atoms with E-state index in [1.54, 1.807) is 14.0 Å². The van der Waals surface area contributed by atoms with Crippen LogP contribution in [0.3, 0.4) is 0 Å². The first-order valence-electron chi connectivity index (χ1n) is 6.91. The molecule has 1 unspecified atom stereocenters. The molecular weight excluding hydrogens is 336 g/mol. The lowest BCUT2D eigenvalue weighted by Gasteiger charge is -2.18. The number of rotatable bonds is 8. The molecule has 0 spiro atoms. The van der Waals surface area contributed by atoms with Crippen LogP contribution in [-0.2, 0) is 14.3 Å². The van der Waals surface area contributed by atoms with Crippen LogP contribution < -0.4 is 10.6 Å². The van der Waals surface area contributed by atoms with E-state index >= 15 is 0 Å². The van der Waals surface area contributed by atoms with Crippen molar-refractivity contribution in [1.29, 1.82) is 0 Å². The predicted octanol–water partition coefficient (Wildman–Crippen LogP) is 2.17. The van der Waals surface area contributed by atoms with Crippen LogP contribution in [0.5, 0.6) is 0 Å². The number of ether oxygens (including phenoxy) is 1. The minimum absolute atomic E-state index is 0.0958. The van der Waals surface area contributed by atoms with E-state index in [9.17, 15) is 9.59 Å². The maximum Gasteiger partial charge on any atom is 0.308 e. The van der Waals surface area contributed by atoms with Gasteiger partial charge in [-0.1, -0.05) is 28.1 Å². The number of amides is 1. The molecule has 1 aromatic rings. The number of esters is 1. The molecule has 21 heavy (non-hydrogen) atoms. The molecule has 0 bridgehead atoms. The number of carbonyl (C=O) groups is 2. The van der Waals surface area contributed by atoms with Crippen molar-refractivity contribution >= 4 is 27.8 Å². The van der Waals surface area contributed by atoms with Gasteiger partial charge in [0.2, 0.25) is 5.91 Å². The summed E-state index contributed by atoms with van der Waals surface area (Å²) in [6.45, 7) is 2.69. The summed E-state index contributed by atoms with van der Waals surface area (Å²) in [7, 11) is 1.79. The van der Waals surface area contributed by atoms with E-state index in [-0.39, 0.29) is 24.3 Å². The second-order valence-corrected chi connectivity index (χ2v) is 5.45. The van der Waals surface area contributed by atoms with Crippen LogP contribution in [0.4, 0.5) is 0 Å². The minimum Gasteiger partial charge on any atom is -0.466 e. The number of hydrogen-bond acceptors (Lipinski definition) is 4. The van der Waals surface area contributed by atoms with Crippen molar-refractivity contribution in [3.05, 3.63) is 34.3 Å². The van der Waals surface area contributed by atoms with Crippen molar-refractivity contribution in [2.45, 2.75) is 25.8 Å². The number of hydrogen-bond donors (Lipinski definition) is 2. The molecule has 1 aromatic carbocycles. The smallest absolute Gasteiger partial charge is 0.308 e. The molecular formula is C15H21BrN2O3. The Morgan fingerprint density at radius 2 is 1.95 bits per heavy atom. The fourth-order valence-electron chi connectivity index (χ4n) is 1.84. The third kappa shape index (κ3) is 6.73. The van der Waals surface area contributed by atoms with Crippen molar-refractivity contribution < 1.29 is 14.3 Å². The van der Waals surface area contributed by atoms with Crippen molar-refractivity contribution in [2.75, 3.05) is 20.2 Å². The second kappa shape index (κ2) is 9.52. The zero-order valence-corrected chi connectivity index (χ0v) is 13.9. The molecule has 0 aliphatic carbocycles. The van der Waals surface area contributed by atoms with Gasteiger partial charge in [-0.15, -0.1) is 0 Å². The van der Waals surface area contributed by atoms with E-state index in [4.69, 9.17) is 4.74 Å². The fraction of sp³-hybridized carbons (Fsp3) is 0.467. The van der Waals surface area contributed by atoms with Crippen LogP contribution in [0.2, 0.25) is 0 Å². The van der Waals surface area contributed by atoms with Crippen molar-refractivity contribution in [3.8, 4) is 0 Å².